The van der Waals surface area contributed by atoms with Gasteiger partial charge in [-0.25, -0.2) is 0 Å². The quantitative estimate of drug-likeness (QED) is 0.712. The highest BCUT2D eigenvalue weighted by atomic mass is 35.5. The van der Waals surface area contributed by atoms with Crippen LogP contribution in [0.15, 0.2) is 0 Å². The number of carbonyl (C=O) groups excluding carboxylic acids is 1. The molecule has 0 unspecified atom stereocenters. The summed E-state index contributed by atoms with van der Waals surface area (Å²) in [6.45, 7) is 9.11. The van der Waals surface area contributed by atoms with E-state index in [4.69, 9.17) is 16.3 Å². The molecule has 0 radical (unpaired) electrons. The molecule has 106 valence electrons. The summed E-state index contributed by atoms with van der Waals surface area (Å²) in [5, 5.41) is 0. The second-order valence-corrected chi connectivity index (χ2v) is 5.76. The fourth-order valence-corrected chi connectivity index (χ4v) is 2.22. The van der Waals surface area contributed by atoms with E-state index in [-0.39, 0.29) is 5.91 Å². The van der Waals surface area contributed by atoms with Crippen LogP contribution >= 0.6 is 11.6 Å². The van der Waals surface area contributed by atoms with Gasteiger partial charge in [-0.2, -0.15) is 0 Å². The molecule has 1 fully saturated rings. The molecule has 0 spiro atoms. The molecule has 1 aliphatic rings. The van der Waals surface area contributed by atoms with Crippen molar-refractivity contribution < 1.29 is 9.53 Å². The third-order valence-corrected chi connectivity index (χ3v) is 4.07. The molecule has 1 amide bonds. The Hall–Kier alpha value is -0.320. The lowest BCUT2D eigenvalue weighted by Gasteiger charge is -2.29. The van der Waals surface area contributed by atoms with E-state index in [9.17, 15) is 4.79 Å². The topological polar surface area (TPSA) is 32.8 Å². The number of halogens is 1. The molecular formula is C13H25ClN2O2. The summed E-state index contributed by atoms with van der Waals surface area (Å²) in [5.41, 5.74) is -0.455. The third kappa shape index (κ3) is 4.41. The van der Waals surface area contributed by atoms with Crippen molar-refractivity contribution in [2.75, 3.05) is 52.3 Å². The molecule has 0 aromatic heterocycles. The lowest BCUT2D eigenvalue weighted by Crippen LogP contribution is -2.43. The first-order valence-electron chi connectivity index (χ1n) is 6.58. The Balaban J connectivity index is 2.49. The van der Waals surface area contributed by atoms with Crippen molar-refractivity contribution >= 4 is 17.5 Å². The van der Waals surface area contributed by atoms with Gasteiger partial charge in [-0.3, -0.25) is 9.69 Å². The summed E-state index contributed by atoms with van der Waals surface area (Å²) < 4.78 is 5.09. The standard InChI is InChI=1S/C13H25ClN2O2/c1-13(2,11-14)12(17)16-6-4-5-15(7-8-16)9-10-18-3/h4-11H2,1-3H3. The minimum atomic E-state index is -0.455. The molecule has 1 saturated heterocycles. The van der Waals surface area contributed by atoms with E-state index in [1.54, 1.807) is 7.11 Å². The van der Waals surface area contributed by atoms with Gasteiger partial charge in [0.1, 0.15) is 0 Å². The molecule has 5 heteroatoms. The zero-order chi connectivity index (χ0) is 13.6. The maximum atomic E-state index is 12.3. The first kappa shape index (κ1) is 15.7. The van der Waals surface area contributed by atoms with E-state index >= 15 is 0 Å². The smallest absolute Gasteiger partial charge is 0.229 e. The zero-order valence-electron chi connectivity index (χ0n) is 11.7. The van der Waals surface area contributed by atoms with Crippen LogP contribution in [0.25, 0.3) is 0 Å². The number of amides is 1. The number of carbonyl (C=O) groups is 1. The summed E-state index contributed by atoms with van der Waals surface area (Å²) >= 11 is 5.87. The van der Waals surface area contributed by atoms with Crippen LogP contribution in [0.5, 0.6) is 0 Å². The van der Waals surface area contributed by atoms with Crippen molar-refractivity contribution in [2.24, 2.45) is 5.41 Å². The Morgan fingerprint density at radius 1 is 1.28 bits per heavy atom. The van der Waals surface area contributed by atoms with E-state index in [1.807, 2.05) is 18.7 Å². The molecule has 1 rings (SSSR count). The highest BCUT2D eigenvalue weighted by Gasteiger charge is 2.31. The maximum Gasteiger partial charge on any atom is 0.229 e. The van der Waals surface area contributed by atoms with Gasteiger partial charge in [0.15, 0.2) is 0 Å². The number of ether oxygens (including phenoxy) is 1. The Morgan fingerprint density at radius 3 is 2.61 bits per heavy atom. The van der Waals surface area contributed by atoms with Crippen molar-refractivity contribution in [1.82, 2.24) is 9.80 Å². The van der Waals surface area contributed by atoms with Crippen LogP contribution in [-0.4, -0.2) is 68.0 Å². The van der Waals surface area contributed by atoms with Gasteiger partial charge in [0.25, 0.3) is 0 Å². The summed E-state index contributed by atoms with van der Waals surface area (Å²) in [6, 6.07) is 0. The molecule has 0 atom stereocenters. The van der Waals surface area contributed by atoms with Gasteiger partial charge in [0.2, 0.25) is 5.91 Å². The lowest BCUT2D eigenvalue weighted by molar-refractivity contribution is -0.139. The fourth-order valence-electron chi connectivity index (χ4n) is 2.10. The van der Waals surface area contributed by atoms with Crippen LogP contribution < -0.4 is 0 Å². The van der Waals surface area contributed by atoms with E-state index < -0.39 is 5.41 Å². The summed E-state index contributed by atoms with van der Waals surface area (Å²) in [4.78, 5) is 16.6. The summed E-state index contributed by atoms with van der Waals surface area (Å²) in [6.07, 6.45) is 1.02. The Labute approximate surface area is 115 Å². The van der Waals surface area contributed by atoms with E-state index in [2.05, 4.69) is 4.90 Å². The van der Waals surface area contributed by atoms with Crippen molar-refractivity contribution in [3.8, 4) is 0 Å². The Morgan fingerprint density at radius 2 is 2.00 bits per heavy atom. The van der Waals surface area contributed by atoms with Gasteiger partial charge in [-0.1, -0.05) is 0 Å². The number of alkyl halides is 1. The van der Waals surface area contributed by atoms with Crippen molar-refractivity contribution in [2.45, 2.75) is 20.3 Å². The van der Waals surface area contributed by atoms with Crippen molar-refractivity contribution in [3.63, 3.8) is 0 Å². The average molecular weight is 277 g/mol. The average Bonchev–Trinajstić information content (AvgIpc) is 2.60. The molecule has 18 heavy (non-hydrogen) atoms. The number of rotatable bonds is 5. The molecule has 0 aromatic carbocycles. The van der Waals surface area contributed by atoms with Crippen LogP contribution in [-0.2, 0) is 9.53 Å². The van der Waals surface area contributed by atoms with Gasteiger partial charge in [0.05, 0.1) is 12.0 Å². The molecule has 1 aliphatic heterocycles. The molecule has 1 heterocycles. The van der Waals surface area contributed by atoms with Crippen molar-refractivity contribution in [1.29, 1.82) is 0 Å². The van der Waals surface area contributed by atoms with Crippen LogP contribution in [0, 0.1) is 5.41 Å². The van der Waals surface area contributed by atoms with Gasteiger partial charge in [0, 0.05) is 39.2 Å². The monoisotopic (exact) mass is 276 g/mol. The molecule has 0 saturated carbocycles. The van der Waals surface area contributed by atoms with E-state index in [0.29, 0.717) is 5.88 Å². The minimum Gasteiger partial charge on any atom is -0.383 e. The predicted octanol–water partition coefficient (Wildman–Crippen LogP) is 1.43. The highest BCUT2D eigenvalue weighted by Crippen LogP contribution is 2.21. The second kappa shape index (κ2) is 7.31. The largest absolute Gasteiger partial charge is 0.383 e. The first-order chi connectivity index (χ1) is 8.51. The molecule has 0 bridgehead atoms. The first-order valence-corrected chi connectivity index (χ1v) is 7.11. The van der Waals surface area contributed by atoms with Crippen LogP contribution in [0.3, 0.4) is 0 Å². The summed E-state index contributed by atoms with van der Waals surface area (Å²) in [5.74, 6) is 0.543. The maximum absolute atomic E-state index is 12.3. The van der Waals surface area contributed by atoms with Crippen LogP contribution in [0.4, 0.5) is 0 Å². The van der Waals surface area contributed by atoms with Crippen LogP contribution in [0.1, 0.15) is 20.3 Å². The number of methoxy groups -OCH3 is 1. The van der Waals surface area contributed by atoms with E-state index in [0.717, 1.165) is 45.8 Å². The normalized spacial score (nSPS) is 18.8. The van der Waals surface area contributed by atoms with Gasteiger partial charge >= 0.3 is 0 Å². The number of hydrogen-bond donors (Lipinski definition) is 0. The molecule has 0 aromatic rings. The fraction of sp³-hybridized carbons (Fsp3) is 0.923. The SMILES string of the molecule is COCCN1CCCN(C(=O)C(C)(C)CCl)CC1. The van der Waals surface area contributed by atoms with Crippen molar-refractivity contribution in [3.05, 3.63) is 0 Å². The highest BCUT2D eigenvalue weighted by molar-refractivity contribution is 6.19. The third-order valence-electron chi connectivity index (χ3n) is 3.40. The molecular weight excluding hydrogens is 252 g/mol. The van der Waals surface area contributed by atoms with Gasteiger partial charge < -0.3 is 9.64 Å². The minimum absolute atomic E-state index is 0.172. The molecule has 0 aliphatic carbocycles. The van der Waals surface area contributed by atoms with Gasteiger partial charge in [-0.05, 0) is 26.8 Å². The van der Waals surface area contributed by atoms with Crippen LogP contribution in [0.2, 0.25) is 0 Å². The molecule has 0 N–H and O–H groups in total. The Kier molecular flexibility index (Phi) is 6.39. The zero-order valence-corrected chi connectivity index (χ0v) is 12.5. The lowest BCUT2D eigenvalue weighted by atomic mass is 9.94. The molecule has 4 nitrogen and oxygen atoms in total. The van der Waals surface area contributed by atoms with E-state index in [1.165, 1.54) is 0 Å². The Bertz CT molecular complexity index is 272. The van der Waals surface area contributed by atoms with Gasteiger partial charge in [-0.15, -0.1) is 11.6 Å². The second-order valence-electron chi connectivity index (χ2n) is 5.50. The number of nitrogens with zero attached hydrogens (tertiary/aromatic N) is 2. The predicted molar refractivity (Wildman–Crippen MR) is 74.0 cm³/mol. The summed E-state index contributed by atoms with van der Waals surface area (Å²) in [7, 11) is 1.72. The number of hydrogen-bond acceptors (Lipinski definition) is 3.